The van der Waals surface area contributed by atoms with Gasteiger partial charge >= 0.3 is 0 Å². The van der Waals surface area contributed by atoms with E-state index in [1.165, 1.54) is 0 Å². The number of hydrogen-bond acceptors (Lipinski definition) is 4. The molecule has 17 heavy (non-hydrogen) atoms. The van der Waals surface area contributed by atoms with Crippen molar-refractivity contribution < 1.29 is 5.11 Å². The highest BCUT2D eigenvalue weighted by atomic mass is 35.5. The van der Waals surface area contributed by atoms with E-state index in [-0.39, 0.29) is 0 Å². The minimum Gasteiger partial charge on any atom is -0.388 e. The van der Waals surface area contributed by atoms with Crippen molar-refractivity contribution in [1.29, 1.82) is 0 Å². The third-order valence-corrected chi connectivity index (χ3v) is 2.76. The Morgan fingerprint density at radius 2 is 2.29 bits per heavy atom. The molecule has 0 aliphatic heterocycles. The van der Waals surface area contributed by atoms with Crippen molar-refractivity contribution in [3.63, 3.8) is 0 Å². The van der Waals surface area contributed by atoms with Crippen LogP contribution in [0.2, 0.25) is 5.02 Å². The van der Waals surface area contributed by atoms with Crippen LogP contribution in [0.3, 0.4) is 0 Å². The van der Waals surface area contributed by atoms with Crippen molar-refractivity contribution in [3.05, 3.63) is 28.8 Å². The molecule has 2 rings (SSSR count). The first kappa shape index (κ1) is 12.0. The van der Waals surface area contributed by atoms with Crippen LogP contribution in [-0.4, -0.2) is 25.7 Å². The second-order valence-corrected chi connectivity index (χ2v) is 4.21. The van der Waals surface area contributed by atoms with Crippen LogP contribution in [-0.2, 0) is 0 Å². The van der Waals surface area contributed by atoms with E-state index >= 15 is 0 Å². The van der Waals surface area contributed by atoms with Crippen molar-refractivity contribution in [2.24, 2.45) is 0 Å². The highest BCUT2D eigenvalue weighted by Crippen LogP contribution is 2.30. The van der Waals surface area contributed by atoms with Gasteiger partial charge in [-0.25, -0.2) is 0 Å². The summed E-state index contributed by atoms with van der Waals surface area (Å²) in [5.74, 6) is 0.442. The van der Waals surface area contributed by atoms with Gasteiger partial charge in [0, 0.05) is 10.6 Å². The summed E-state index contributed by atoms with van der Waals surface area (Å²) in [5, 5.41) is 24.4. The van der Waals surface area contributed by atoms with Crippen molar-refractivity contribution in [1.82, 2.24) is 20.6 Å². The number of H-pyrrole nitrogens is 1. The van der Waals surface area contributed by atoms with E-state index < -0.39 is 6.10 Å². The molecule has 0 spiro atoms. The number of aliphatic hydroxyl groups is 1. The zero-order valence-corrected chi connectivity index (χ0v) is 10.1. The van der Waals surface area contributed by atoms with Gasteiger partial charge in [-0.1, -0.05) is 31.0 Å². The molecule has 6 heteroatoms. The molecule has 1 unspecified atom stereocenters. The maximum atomic E-state index is 10.1. The van der Waals surface area contributed by atoms with Crippen molar-refractivity contribution in [3.8, 4) is 11.4 Å². The van der Waals surface area contributed by atoms with Gasteiger partial charge in [-0.2, -0.15) is 5.21 Å². The van der Waals surface area contributed by atoms with Gasteiger partial charge in [0.2, 0.25) is 5.82 Å². The second-order valence-electron chi connectivity index (χ2n) is 3.77. The summed E-state index contributed by atoms with van der Waals surface area (Å²) in [4.78, 5) is 0. The maximum absolute atomic E-state index is 10.1. The van der Waals surface area contributed by atoms with E-state index in [1.54, 1.807) is 18.2 Å². The van der Waals surface area contributed by atoms with Crippen LogP contribution in [0.5, 0.6) is 0 Å². The fraction of sp³-hybridized carbons (Fsp3) is 0.364. The number of rotatable bonds is 4. The number of aliphatic hydroxyl groups excluding tert-OH is 1. The van der Waals surface area contributed by atoms with Gasteiger partial charge in [-0.05, 0) is 29.3 Å². The number of aromatic amines is 1. The molecule has 0 bridgehead atoms. The molecule has 2 N–H and O–H groups in total. The third kappa shape index (κ3) is 2.62. The smallest absolute Gasteiger partial charge is 0.205 e. The second kappa shape index (κ2) is 5.25. The maximum Gasteiger partial charge on any atom is 0.205 e. The lowest BCUT2D eigenvalue weighted by Crippen LogP contribution is -2.00. The average molecular weight is 253 g/mol. The lowest BCUT2D eigenvalue weighted by Gasteiger charge is -2.13. The van der Waals surface area contributed by atoms with Crippen LogP contribution in [0, 0.1) is 0 Å². The van der Waals surface area contributed by atoms with Crippen LogP contribution in [0.15, 0.2) is 18.2 Å². The van der Waals surface area contributed by atoms with Gasteiger partial charge in [0.25, 0.3) is 0 Å². The fourth-order valence-corrected chi connectivity index (χ4v) is 1.89. The molecule has 1 heterocycles. The minimum absolute atomic E-state index is 0.442. The molecule has 90 valence electrons. The van der Waals surface area contributed by atoms with E-state index in [2.05, 4.69) is 20.6 Å². The molecule has 0 aliphatic carbocycles. The molecular weight excluding hydrogens is 240 g/mol. The summed E-state index contributed by atoms with van der Waals surface area (Å²) < 4.78 is 0. The molecule has 2 aromatic rings. The SMILES string of the molecule is CCCC(O)c1ccc(Cl)cc1-c1nn[nH]n1. The lowest BCUT2D eigenvalue weighted by molar-refractivity contribution is 0.167. The number of nitrogens with one attached hydrogen (secondary N) is 1. The number of hydrogen-bond donors (Lipinski definition) is 2. The fourth-order valence-electron chi connectivity index (χ4n) is 1.72. The highest BCUT2D eigenvalue weighted by molar-refractivity contribution is 6.30. The van der Waals surface area contributed by atoms with Crippen molar-refractivity contribution in [2.45, 2.75) is 25.9 Å². The summed E-state index contributed by atoms with van der Waals surface area (Å²) in [6, 6.07) is 5.29. The summed E-state index contributed by atoms with van der Waals surface area (Å²) in [7, 11) is 0. The number of benzene rings is 1. The van der Waals surface area contributed by atoms with Gasteiger partial charge in [0.1, 0.15) is 0 Å². The normalized spacial score (nSPS) is 12.6. The van der Waals surface area contributed by atoms with E-state index in [1.807, 2.05) is 6.92 Å². The van der Waals surface area contributed by atoms with Crippen LogP contribution < -0.4 is 0 Å². The zero-order chi connectivity index (χ0) is 12.3. The molecule has 0 radical (unpaired) electrons. The Kier molecular flexibility index (Phi) is 3.71. The molecule has 0 aliphatic rings. The number of halogens is 1. The van der Waals surface area contributed by atoms with Crippen LogP contribution in [0.1, 0.15) is 31.4 Å². The standard InChI is InChI=1S/C11H13ClN4O/c1-2-3-10(17)8-5-4-7(12)6-9(8)11-13-15-16-14-11/h4-6,10,17H,2-3H2,1H3,(H,13,14,15,16). The number of aromatic nitrogens is 4. The van der Waals surface area contributed by atoms with Crippen molar-refractivity contribution in [2.75, 3.05) is 0 Å². The number of nitrogens with zero attached hydrogens (tertiary/aromatic N) is 3. The van der Waals surface area contributed by atoms with E-state index in [0.29, 0.717) is 22.8 Å². The van der Waals surface area contributed by atoms with Gasteiger partial charge in [0.05, 0.1) is 6.10 Å². The Morgan fingerprint density at radius 3 is 2.94 bits per heavy atom. The van der Waals surface area contributed by atoms with Gasteiger partial charge < -0.3 is 5.11 Å². The topological polar surface area (TPSA) is 74.7 Å². The van der Waals surface area contributed by atoms with Crippen LogP contribution in [0.4, 0.5) is 0 Å². The van der Waals surface area contributed by atoms with Crippen LogP contribution in [0.25, 0.3) is 11.4 Å². The molecule has 1 atom stereocenters. The van der Waals surface area contributed by atoms with Crippen LogP contribution >= 0.6 is 11.6 Å². The molecule has 0 saturated carbocycles. The minimum atomic E-state index is -0.536. The Bertz CT molecular complexity index is 486. The summed E-state index contributed by atoms with van der Waals surface area (Å²) in [6.07, 6.45) is 1.05. The zero-order valence-electron chi connectivity index (χ0n) is 9.39. The average Bonchev–Trinajstić information content (AvgIpc) is 2.82. The predicted octanol–water partition coefficient (Wildman–Crippen LogP) is 2.35. The molecule has 5 nitrogen and oxygen atoms in total. The Balaban J connectivity index is 2.45. The first-order chi connectivity index (χ1) is 8.22. The van der Waals surface area contributed by atoms with E-state index in [4.69, 9.17) is 11.6 Å². The Morgan fingerprint density at radius 1 is 1.47 bits per heavy atom. The summed E-state index contributed by atoms with van der Waals surface area (Å²) in [6.45, 7) is 2.02. The third-order valence-electron chi connectivity index (χ3n) is 2.52. The molecular formula is C11H13ClN4O. The Labute approximate surface area is 104 Å². The molecule has 0 fully saturated rings. The number of tetrazole rings is 1. The van der Waals surface area contributed by atoms with E-state index in [9.17, 15) is 5.11 Å². The first-order valence-corrected chi connectivity index (χ1v) is 5.81. The molecule has 1 aromatic carbocycles. The van der Waals surface area contributed by atoms with Gasteiger partial charge in [-0.3, -0.25) is 0 Å². The lowest BCUT2D eigenvalue weighted by atomic mass is 9.99. The van der Waals surface area contributed by atoms with Gasteiger partial charge in [-0.15, -0.1) is 10.2 Å². The summed E-state index contributed by atoms with van der Waals surface area (Å²) in [5.41, 5.74) is 1.49. The quantitative estimate of drug-likeness (QED) is 0.876. The van der Waals surface area contributed by atoms with Crippen molar-refractivity contribution >= 4 is 11.6 Å². The monoisotopic (exact) mass is 252 g/mol. The highest BCUT2D eigenvalue weighted by Gasteiger charge is 2.16. The predicted molar refractivity (Wildman–Crippen MR) is 64.5 cm³/mol. The first-order valence-electron chi connectivity index (χ1n) is 5.43. The van der Waals surface area contributed by atoms with Gasteiger partial charge in [0.15, 0.2) is 0 Å². The molecule has 1 aromatic heterocycles. The summed E-state index contributed by atoms with van der Waals surface area (Å²) >= 11 is 5.95. The largest absolute Gasteiger partial charge is 0.388 e. The Hall–Kier alpha value is -1.46. The molecule has 0 saturated heterocycles. The molecule has 0 amide bonds. The van der Waals surface area contributed by atoms with E-state index in [0.717, 1.165) is 12.0 Å².